The number of alkyl halides is 3. The number of halogens is 3. The van der Waals surface area contributed by atoms with E-state index in [0.29, 0.717) is 35.2 Å². The predicted molar refractivity (Wildman–Crippen MR) is 157 cm³/mol. The number of amides is 2. The van der Waals surface area contributed by atoms with Crippen LogP contribution in [-0.4, -0.2) is 73.6 Å². The molecule has 0 aliphatic carbocycles. The van der Waals surface area contributed by atoms with E-state index in [9.17, 15) is 22.8 Å². The molecule has 0 aliphatic heterocycles. The lowest BCUT2D eigenvalue weighted by molar-refractivity contribution is -0.893. The van der Waals surface area contributed by atoms with Gasteiger partial charge in [0.25, 0.3) is 5.91 Å². The van der Waals surface area contributed by atoms with Crippen LogP contribution < -0.4 is 27.8 Å². The molecule has 42 heavy (non-hydrogen) atoms. The molecule has 0 saturated heterocycles. The van der Waals surface area contributed by atoms with Crippen LogP contribution in [0.3, 0.4) is 0 Å². The lowest BCUT2D eigenvalue weighted by Crippen LogP contribution is -2.69. The fourth-order valence-electron chi connectivity index (χ4n) is 4.87. The number of carbonyl (C=O) groups excluding carboxylic acids is 2. The van der Waals surface area contributed by atoms with E-state index >= 15 is 0 Å². The Bertz CT molecular complexity index is 1330. The molecule has 228 valence electrons. The molecule has 0 spiro atoms. The maximum Gasteiger partial charge on any atom is 0.416 e. The van der Waals surface area contributed by atoms with Crippen molar-refractivity contribution in [2.75, 3.05) is 45.6 Å². The fraction of sp³-hybridized carbons (Fsp3) is 0.433. The van der Waals surface area contributed by atoms with E-state index < -0.39 is 35.6 Å². The van der Waals surface area contributed by atoms with Gasteiger partial charge in [0.2, 0.25) is 5.91 Å². The van der Waals surface area contributed by atoms with Crippen LogP contribution in [0.2, 0.25) is 0 Å². The van der Waals surface area contributed by atoms with Crippen molar-refractivity contribution in [3.63, 3.8) is 0 Å². The quantitative estimate of drug-likeness (QED) is 0.182. The van der Waals surface area contributed by atoms with Gasteiger partial charge in [-0.05, 0) is 29.8 Å². The number of benzene rings is 2. The fourth-order valence-corrected chi connectivity index (χ4v) is 4.87. The molecule has 0 bridgehead atoms. The molecule has 0 fully saturated rings. The zero-order valence-corrected chi connectivity index (χ0v) is 24.2. The number of nitrogens with one attached hydrogen (secondary N) is 2. The molecule has 0 radical (unpaired) electrons. The Kier molecular flexibility index (Phi) is 11.4. The minimum absolute atomic E-state index is 0.00702. The first-order valence-corrected chi connectivity index (χ1v) is 14.0. The molecule has 2 unspecified atom stereocenters. The normalized spacial score (nSPS) is 13.6. The molecule has 2 aromatic carbocycles. The van der Waals surface area contributed by atoms with E-state index in [1.807, 2.05) is 24.3 Å². The highest BCUT2D eigenvalue weighted by molar-refractivity contribution is 5.99. The second-order valence-corrected chi connectivity index (χ2v) is 11.4. The molecule has 0 saturated carbocycles. The summed E-state index contributed by atoms with van der Waals surface area (Å²) in [5.41, 5.74) is 16.5. The summed E-state index contributed by atoms with van der Waals surface area (Å²) >= 11 is 0. The molecule has 0 aliphatic rings. The summed E-state index contributed by atoms with van der Waals surface area (Å²) in [7, 11) is 4.17. The Balaban J connectivity index is 1.69. The van der Waals surface area contributed by atoms with Crippen molar-refractivity contribution in [1.29, 1.82) is 0 Å². The zero-order valence-electron chi connectivity index (χ0n) is 24.2. The molecular weight excluding hydrogens is 547 g/mol. The first-order chi connectivity index (χ1) is 19.8. The Morgan fingerprint density at radius 2 is 1.69 bits per heavy atom. The van der Waals surface area contributed by atoms with Crippen LogP contribution >= 0.6 is 0 Å². The number of hydrogen-bond acceptors (Lipinski definition) is 5. The number of quaternary nitrogens is 2. The summed E-state index contributed by atoms with van der Waals surface area (Å²) in [6.07, 6.45) is -1.76. The highest BCUT2D eigenvalue weighted by Gasteiger charge is 2.31. The molecule has 1 aromatic heterocycles. The van der Waals surface area contributed by atoms with Gasteiger partial charge < -0.3 is 32.3 Å². The standard InChI is InChI=1S/C30H40F3N7O2/c1-40(2,19-21(16-34)17-35)13-5-7-25(36)28(41)39-27(14-20-9-11-23(12-10-20)30(31,32)33)29(42)38-24-15-22-6-3-4-8-26(22)37-18-24/h3-4,6,8-12,15,18,21,25,27H,5,7,13-14,16-17,19,34-36H2,1-2H3,(H-,38,39,41,42)/p+2. The van der Waals surface area contributed by atoms with Gasteiger partial charge in [-0.2, -0.15) is 13.2 Å². The number of pyridine rings is 1. The molecule has 3 rings (SSSR count). The summed E-state index contributed by atoms with van der Waals surface area (Å²) in [4.78, 5) is 30.8. The molecule has 1 heterocycles. The summed E-state index contributed by atoms with van der Waals surface area (Å²) < 4.78 is 39.9. The minimum Gasteiger partial charge on any atom is -0.347 e. The average Bonchev–Trinajstić information content (AvgIpc) is 2.95. The first kappa shape index (κ1) is 32.9. The van der Waals surface area contributed by atoms with Gasteiger partial charge in [-0.1, -0.05) is 30.3 Å². The smallest absolute Gasteiger partial charge is 0.347 e. The lowest BCUT2D eigenvalue weighted by Gasteiger charge is -2.33. The van der Waals surface area contributed by atoms with Gasteiger partial charge in [-0.15, -0.1) is 0 Å². The number of nitrogens with zero attached hydrogens (tertiary/aromatic N) is 2. The maximum atomic E-state index is 13.4. The number of nitrogens with two attached hydrogens (primary N) is 2. The number of aromatic nitrogens is 1. The number of rotatable bonds is 14. The predicted octanol–water partition coefficient (Wildman–Crippen LogP) is 1.92. The Labute approximate surface area is 244 Å². The van der Waals surface area contributed by atoms with Crippen LogP contribution in [0, 0.1) is 5.92 Å². The number of anilines is 1. The van der Waals surface area contributed by atoms with Gasteiger partial charge in [-0.25, -0.2) is 0 Å². The molecule has 3 aromatic rings. The third kappa shape index (κ3) is 9.76. The number of fused-ring (bicyclic) bond motifs is 1. The van der Waals surface area contributed by atoms with Crippen molar-refractivity contribution in [2.24, 2.45) is 17.4 Å². The van der Waals surface area contributed by atoms with Crippen LogP contribution in [0.25, 0.3) is 10.9 Å². The second-order valence-electron chi connectivity index (χ2n) is 11.4. The zero-order chi connectivity index (χ0) is 30.9. The monoisotopic (exact) mass is 589 g/mol. The highest BCUT2D eigenvalue weighted by Crippen LogP contribution is 2.29. The summed E-state index contributed by atoms with van der Waals surface area (Å²) in [6, 6.07) is 12.0. The van der Waals surface area contributed by atoms with Gasteiger partial charge in [0, 0.05) is 43.7 Å². The van der Waals surface area contributed by atoms with Gasteiger partial charge in [0.05, 0.1) is 50.1 Å². The number of hydrogen-bond donors (Lipinski definition) is 5. The molecule has 2 amide bonds. The van der Waals surface area contributed by atoms with Gasteiger partial charge in [0.1, 0.15) is 6.04 Å². The molecular formula is C30H42F3N7O2+2. The number of para-hydroxylation sites is 1. The maximum absolute atomic E-state index is 13.4. The third-order valence-corrected chi connectivity index (χ3v) is 7.32. The lowest BCUT2D eigenvalue weighted by atomic mass is 10.0. The van der Waals surface area contributed by atoms with Gasteiger partial charge in [0.15, 0.2) is 6.04 Å². The van der Waals surface area contributed by atoms with Gasteiger partial charge in [-0.3, -0.25) is 14.6 Å². The summed E-state index contributed by atoms with van der Waals surface area (Å²) in [6.45, 7) is 2.63. The van der Waals surface area contributed by atoms with Crippen molar-refractivity contribution in [3.8, 4) is 0 Å². The second kappa shape index (κ2) is 14.5. The largest absolute Gasteiger partial charge is 0.416 e. The van der Waals surface area contributed by atoms with E-state index in [0.717, 1.165) is 42.5 Å². The summed E-state index contributed by atoms with van der Waals surface area (Å²) in [5.74, 6) is -0.716. The first-order valence-electron chi connectivity index (χ1n) is 14.0. The Morgan fingerprint density at radius 1 is 1.02 bits per heavy atom. The van der Waals surface area contributed by atoms with Crippen LogP contribution in [0.1, 0.15) is 24.0 Å². The van der Waals surface area contributed by atoms with Crippen molar-refractivity contribution < 1.29 is 33.0 Å². The summed E-state index contributed by atoms with van der Waals surface area (Å²) in [5, 5.41) is 6.38. The van der Waals surface area contributed by atoms with E-state index in [2.05, 4.69) is 35.4 Å². The average molecular weight is 590 g/mol. The molecule has 12 heteroatoms. The Morgan fingerprint density at radius 3 is 2.33 bits per heavy atom. The van der Waals surface area contributed by atoms with Crippen LogP contribution in [-0.2, 0) is 22.2 Å². The van der Waals surface area contributed by atoms with Crippen LogP contribution in [0.4, 0.5) is 18.9 Å². The van der Waals surface area contributed by atoms with Crippen LogP contribution in [0.15, 0.2) is 60.8 Å². The number of carbonyl (C=O) groups is 2. The highest BCUT2D eigenvalue weighted by atomic mass is 19.4. The Hall–Kier alpha value is -3.58. The topological polar surface area (TPSA) is 151 Å². The van der Waals surface area contributed by atoms with E-state index in [1.54, 1.807) is 6.07 Å². The van der Waals surface area contributed by atoms with Crippen molar-refractivity contribution in [2.45, 2.75) is 37.5 Å². The van der Waals surface area contributed by atoms with Crippen molar-refractivity contribution in [1.82, 2.24) is 10.3 Å². The molecule has 9 N–H and O–H groups in total. The van der Waals surface area contributed by atoms with E-state index in [-0.39, 0.29) is 12.3 Å². The molecule has 2 atom stereocenters. The van der Waals surface area contributed by atoms with Crippen molar-refractivity contribution in [3.05, 3.63) is 71.9 Å². The van der Waals surface area contributed by atoms with Crippen molar-refractivity contribution >= 4 is 28.4 Å². The van der Waals surface area contributed by atoms with E-state index in [4.69, 9.17) is 11.5 Å². The minimum atomic E-state index is -4.48. The van der Waals surface area contributed by atoms with E-state index in [1.165, 1.54) is 18.3 Å². The SMILES string of the molecule is C[N+](C)(CCCC([NH3+])C(=O)NC(Cc1ccc(C(F)(F)F)cc1)C(=O)Nc1cnc2ccccc2c1)CC(CN)CN. The molecule has 9 nitrogen and oxygen atoms in total. The van der Waals surface area contributed by atoms with Crippen LogP contribution in [0.5, 0.6) is 0 Å². The van der Waals surface area contributed by atoms with Gasteiger partial charge >= 0.3 is 6.18 Å². The third-order valence-electron chi connectivity index (χ3n) is 7.32.